The first-order chi connectivity index (χ1) is 6.57. The van der Waals surface area contributed by atoms with Crippen molar-refractivity contribution in [3.8, 4) is 0 Å². The van der Waals surface area contributed by atoms with Crippen LogP contribution in [0.15, 0.2) is 12.2 Å². The number of allylic oxidation sites excluding steroid dienone is 2. The van der Waals surface area contributed by atoms with Gasteiger partial charge in [0.05, 0.1) is 12.0 Å². The van der Waals surface area contributed by atoms with Gasteiger partial charge in [-0.25, -0.2) is 0 Å². The van der Waals surface area contributed by atoms with Crippen molar-refractivity contribution in [3.63, 3.8) is 0 Å². The fraction of sp³-hybridized carbons (Fsp3) is 0.750. The lowest BCUT2D eigenvalue weighted by atomic mass is 10.2. The number of carbonyl (C=O) groups is 1. The molecule has 0 aromatic rings. The molecule has 0 bridgehead atoms. The molecule has 0 rings (SSSR count). The van der Waals surface area contributed by atoms with Crippen molar-refractivity contribution in [2.45, 2.75) is 53.1 Å². The lowest BCUT2D eigenvalue weighted by Gasteiger charge is -2.13. The summed E-state index contributed by atoms with van der Waals surface area (Å²) in [6, 6.07) is 0. The molecular formula is C12H22O2. The Hall–Kier alpha value is -0.790. The molecule has 0 radical (unpaired) electrons. The molecule has 0 saturated carbocycles. The van der Waals surface area contributed by atoms with Crippen LogP contribution in [0.3, 0.4) is 0 Å². The molecule has 0 aromatic heterocycles. The molecule has 0 aliphatic heterocycles. The SMILES string of the molecule is CCC=CCCC(C)OC(=O)C(C)C. The summed E-state index contributed by atoms with van der Waals surface area (Å²) in [6.45, 7) is 7.76. The molecule has 0 spiro atoms. The summed E-state index contributed by atoms with van der Waals surface area (Å²) in [5.41, 5.74) is 0. The summed E-state index contributed by atoms with van der Waals surface area (Å²) in [5.74, 6) is -0.124. The van der Waals surface area contributed by atoms with Crippen molar-refractivity contribution >= 4 is 5.97 Å². The normalized spacial score (nSPS) is 13.5. The number of rotatable bonds is 6. The molecule has 2 nitrogen and oxygen atoms in total. The molecule has 1 atom stereocenters. The Morgan fingerprint density at radius 2 is 1.93 bits per heavy atom. The van der Waals surface area contributed by atoms with Gasteiger partial charge in [-0.2, -0.15) is 0 Å². The summed E-state index contributed by atoms with van der Waals surface area (Å²) in [5, 5.41) is 0. The van der Waals surface area contributed by atoms with Gasteiger partial charge >= 0.3 is 5.97 Å². The summed E-state index contributed by atoms with van der Waals surface area (Å²) in [7, 11) is 0. The van der Waals surface area contributed by atoms with E-state index in [0.717, 1.165) is 19.3 Å². The van der Waals surface area contributed by atoms with E-state index in [9.17, 15) is 4.79 Å². The maximum Gasteiger partial charge on any atom is 0.308 e. The third-order valence-corrected chi connectivity index (χ3v) is 1.93. The van der Waals surface area contributed by atoms with Gasteiger partial charge in [0.1, 0.15) is 0 Å². The molecule has 0 N–H and O–H groups in total. The minimum Gasteiger partial charge on any atom is -0.462 e. The first-order valence-corrected chi connectivity index (χ1v) is 5.43. The predicted molar refractivity (Wildman–Crippen MR) is 59.1 cm³/mol. The minimum atomic E-state index is -0.100. The van der Waals surface area contributed by atoms with Crippen LogP contribution in [-0.2, 0) is 9.53 Å². The van der Waals surface area contributed by atoms with Crippen LogP contribution in [0.4, 0.5) is 0 Å². The summed E-state index contributed by atoms with van der Waals surface area (Å²) < 4.78 is 5.22. The van der Waals surface area contributed by atoms with Crippen LogP contribution in [0.1, 0.15) is 47.0 Å². The van der Waals surface area contributed by atoms with E-state index in [2.05, 4.69) is 19.1 Å². The minimum absolute atomic E-state index is 0.0244. The van der Waals surface area contributed by atoms with Gasteiger partial charge < -0.3 is 4.74 Å². The van der Waals surface area contributed by atoms with Gasteiger partial charge in [0.15, 0.2) is 0 Å². The highest BCUT2D eigenvalue weighted by Crippen LogP contribution is 2.06. The number of hydrogen-bond donors (Lipinski definition) is 0. The van der Waals surface area contributed by atoms with Gasteiger partial charge in [-0.05, 0) is 26.2 Å². The molecule has 0 heterocycles. The van der Waals surface area contributed by atoms with Crippen molar-refractivity contribution in [1.82, 2.24) is 0 Å². The van der Waals surface area contributed by atoms with E-state index in [-0.39, 0.29) is 18.0 Å². The molecule has 0 aliphatic rings. The van der Waals surface area contributed by atoms with Gasteiger partial charge in [0.25, 0.3) is 0 Å². The maximum absolute atomic E-state index is 11.2. The number of carbonyl (C=O) groups excluding carboxylic acids is 1. The monoisotopic (exact) mass is 198 g/mol. The molecule has 0 fully saturated rings. The van der Waals surface area contributed by atoms with Crippen molar-refractivity contribution in [2.75, 3.05) is 0 Å². The highest BCUT2D eigenvalue weighted by atomic mass is 16.5. The van der Waals surface area contributed by atoms with Gasteiger partial charge in [-0.15, -0.1) is 0 Å². The molecule has 1 unspecified atom stereocenters. The van der Waals surface area contributed by atoms with Crippen molar-refractivity contribution < 1.29 is 9.53 Å². The van der Waals surface area contributed by atoms with Crippen molar-refractivity contribution in [3.05, 3.63) is 12.2 Å². The van der Waals surface area contributed by atoms with Crippen LogP contribution >= 0.6 is 0 Å². The molecule has 0 aromatic carbocycles. The number of esters is 1. The fourth-order valence-electron chi connectivity index (χ4n) is 1.01. The molecule has 0 amide bonds. The zero-order valence-electron chi connectivity index (χ0n) is 9.75. The second-order valence-corrected chi connectivity index (χ2v) is 3.86. The summed E-state index contributed by atoms with van der Waals surface area (Å²) >= 11 is 0. The Kier molecular flexibility index (Phi) is 7.17. The van der Waals surface area contributed by atoms with E-state index >= 15 is 0 Å². The topological polar surface area (TPSA) is 26.3 Å². The lowest BCUT2D eigenvalue weighted by molar-refractivity contribution is -0.152. The van der Waals surface area contributed by atoms with E-state index in [0.29, 0.717) is 0 Å². The van der Waals surface area contributed by atoms with Gasteiger partial charge in [-0.1, -0.05) is 32.9 Å². The van der Waals surface area contributed by atoms with Crippen LogP contribution in [0.5, 0.6) is 0 Å². The van der Waals surface area contributed by atoms with E-state index < -0.39 is 0 Å². The molecule has 0 aliphatic carbocycles. The van der Waals surface area contributed by atoms with Crippen LogP contribution in [0.25, 0.3) is 0 Å². The van der Waals surface area contributed by atoms with Gasteiger partial charge in [0.2, 0.25) is 0 Å². The van der Waals surface area contributed by atoms with Crippen LogP contribution in [0, 0.1) is 5.92 Å². The fourth-order valence-corrected chi connectivity index (χ4v) is 1.01. The van der Waals surface area contributed by atoms with Crippen LogP contribution < -0.4 is 0 Å². The van der Waals surface area contributed by atoms with E-state index in [1.807, 2.05) is 20.8 Å². The Balaban J connectivity index is 3.60. The van der Waals surface area contributed by atoms with Crippen molar-refractivity contribution in [1.29, 1.82) is 0 Å². The average Bonchev–Trinajstić information content (AvgIpc) is 2.12. The largest absolute Gasteiger partial charge is 0.462 e. The van der Waals surface area contributed by atoms with Crippen LogP contribution in [0.2, 0.25) is 0 Å². The number of hydrogen-bond acceptors (Lipinski definition) is 2. The molecule has 2 heteroatoms. The highest BCUT2D eigenvalue weighted by Gasteiger charge is 2.11. The second-order valence-electron chi connectivity index (χ2n) is 3.86. The smallest absolute Gasteiger partial charge is 0.308 e. The third-order valence-electron chi connectivity index (χ3n) is 1.93. The predicted octanol–water partition coefficient (Wildman–Crippen LogP) is 3.32. The quantitative estimate of drug-likeness (QED) is 0.483. The van der Waals surface area contributed by atoms with Crippen molar-refractivity contribution in [2.24, 2.45) is 5.92 Å². The third kappa shape index (κ3) is 6.70. The first-order valence-electron chi connectivity index (χ1n) is 5.43. The second kappa shape index (κ2) is 7.60. The Morgan fingerprint density at radius 3 is 2.43 bits per heavy atom. The standard InChI is InChI=1S/C12H22O2/c1-5-6-7-8-9-11(4)14-12(13)10(2)3/h6-7,10-11H,5,8-9H2,1-4H3. The Labute approximate surface area is 87.3 Å². The average molecular weight is 198 g/mol. The zero-order valence-corrected chi connectivity index (χ0v) is 9.75. The lowest BCUT2D eigenvalue weighted by Crippen LogP contribution is -2.18. The number of ether oxygens (including phenoxy) is 1. The summed E-state index contributed by atoms with van der Waals surface area (Å²) in [6.07, 6.45) is 7.28. The molecule has 0 saturated heterocycles. The molecule has 82 valence electrons. The Bertz CT molecular complexity index is 183. The summed E-state index contributed by atoms with van der Waals surface area (Å²) in [4.78, 5) is 11.2. The Morgan fingerprint density at radius 1 is 1.29 bits per heavy atom. The highest BCUT2D eigenvalue weighted by molar-refractivity contribution is 5.71. The van der Waals surface area contributed by atoms with E-state index in [1.165, 1.54) is 0 Å². The molecule has 14 heavy (non-hydrogen) atoms. The van der Waals surface area contributed by atoms with Crippen LogP contribution in [-0.4, -0.2) is 12.1 Å². The van der Waals surface area contributed by atoms with Gasteiger partial charge in [0, 0.05) is 0 Å². The van der Waals surface area contributed by atoms with E-state index in [4.69, 9.17) is 4.74 Å². The van der Waals surface area contributed by atoms with E-state index in [1.54, 1.807) is 0 Å². The molecular weight excluding hydrogens is 176 g/mol. The van der Waals surface area contributed by atoms with Gasteiger partial charge in [-0.3, -0.25) is 4.79 Å². The zero-order chi connectivity index (χ0) is 11.0. The first kappa shape index (κ1) is 13.2. The maximum atomic E-state index is 11.2.